The molecule has 0 radical (unpaired) electrons. The number of halogens is 1. The molecule has 0 heterocycles. The van der Waals surface area contributed by atoms with Crippen LogP contribution in [0.3, 0.4) is 0 Å². The highest BCUT2D eigenvalue weighted by Crippen LogP contribution is 2.12. The Morgan fingerprint density at radius 3 is 2.92 bits per heavy atom. The summed E-state index contributed by atoms with van der Waals surface area (Å²) in [5, 5.41) is 0. The van der Waals surface area contributed by atoms with Gasteiger partial charge in [-0.3, -0.25) is 0 Å². The molecule has 1 aromatic carbocycles. The van der Waals surface area contributed by atoms with Crippen molar-refractivity contribution in [2.24, 2.45) is 5.73 Å². The van der Waals surface area contributed by atoms with Gasteiger partial charge in [0, 0.05) is 18.1 Å². The largest absolute Gasteiger partial charge is 0.330 e. The molecule has 0 fully saturated rings. The molecule has 0 atom stereocenters. The van der Waals surface area contributed by atoms with E-state index in [0.29, 0.717) is 6.54 Å². The summed E-state index contributed by atoms with van der Waals surface area (Å²) in [5.41, 5.74) is 6.35. The van der Waals surface area contributed by atoms with Crippen molar-refractivity contribution in [3.05, 3.63) is 35.6 Å². The normalized spacial score (nSPS) is 10.2. The monoisotopic (exact) mass is 185 g/mol. The standard InChI is InChI=1S/C9H12FNS/c10-9-3-1-2-8(6-9)7-12-5-4-11/h1-3,6H,4-5,7,11H2. The Kier molecular flexibility index (Phi) is 4.11. The zero-order valence-electron chi connectivity index (χ0n) is 6.79. The van der Waals surface area contributed by atoms with E-state index in [1.54, 1.807) is 23.9 Å². The molecule has 2 N–H and O–H groups in total. The van der Waals surface area contributed by atoms with Crippen LogP contribution in [0.15, 0.2) is 24.3 Å². The smallest absolute Gasteiger partial charge is 0.123 e. The summed E-state index contributed by atoms with van der Waals surface area (Å²) in [4.78, 5) is 0. The van der Waals surface area contributed by atoms with E-state index < -0.39 is 0 Å². The number of thioether (sulfide) groups is 1. The molecule has 1 aromatic rings. The minimum absolute atomic E-state index is 0.166. The van der Waals surface area contributed by atoms with Crippen LogP contribution < -0.4 is 5.73 Å². The summed E-state index contributed by atoms with van der Waals surface area (Å²) in [6, 6.07) is 6.67. The molecular weight excluding hydrogens is 173 g/mol. The van der Waals surface area contributed by atoms with Crippen LogP contribution in [0.2, 0.25) is 0 Å². The van der Waals surface area contributed by atoms with Gasteiger partial charge in [0.1, 0.15) is 5.82 Å². The number of rotatable bonds is 4. The number of nitrogens with two attached hydrogens (primary N) is 1. The van der Waals surface area contributed by atoms with Crippen molar-refractivity contribution in [3.8, 4) is 0 Å². The van der Waals surface area contributed by atoms with E-state index in [4.69, 9.17) is 5.73 Å². The van der Waals surface area contributed by atoms with Crippen LogP contribution in [0.1, 0.15) is 5.56 Å². The van der Waals surface area contributed by atoms with Crippen LogP contribution in [-0.2, 0) is 5.75 Å². The first-order chi connectivity index (χ1) is 5.83. The van der Waals surface area contributed by atoms with Gasteiger partial charge in [-0.25, -0.2) is 4.39 Å². The Bertz CT molecular complexity index is 240. The summed E-state index contributed by atoms with van der Waals surface area (Å²) in [6.45, 7) is 0.681. The third-order valence-corrected chi connectivity index (χ3v) is 2.48. The zero-order chi connectivity index (χ0) is 8.81. The first kappa shape index (κ1) is 9.55. The zero-order valence-corrected chi connectivity index (χ0v) is 7.61. The lowest BCUT2D eigenvalue weighted by Crippen LogP contribution is -2.01. The molecule has 1 rings (SSSR count). The molecule has 12 heavy (non-hydrogen) atoms. The van der Waals surface area contributed by atoms with Gasteiger partial charge in [0.05, 0.1) is 0 Å². The molecule has 0 amide bonds. The lowest BCUT2D eigenvalue weighted by molar-refractivity contribution is 0.626. The third-order valence-electron chi connectivity index (χ3n) is 1.42. The third kappa shape index (κ3) is 3.24. The summed E-state index contributed by atoms with van der Waals surface area (Å²) in [5.74, 6) is 1.60. The maximum atomic E-state index is 12.6. The molecule has 0 bridgehead atoms. The summed E-state index contributed by atoms with van der Waals surface area (Å²) < 4.78 is 12.6. The summed E-state index contributed by atoms with van der Waals surface area (Å²) in [6.07, 6.45) is 0. The Hall–Kier alpha value is -0.540. The van der Waals surface area contributed by atoms with Gasteiger partial charge in [0.25, 0.3) is 0 Å². The Morgan fingerprint density at radius 2 is 2.25 bits per heavy atom. The van der Waals surface area contributed by atoms with Gasteiger partial charge in [-0.15, -0.1) is 0 Å². The van der Waals surface area contributed by atoms with E-state index in [-0.39, 0.29) is 5.82 Å². The van der Waals surface area contributed by atoms with Gasteiger partial charge >= 0.3 is 0 Å². The van der Waals surface area contributed by atoms with Gasteiger partial charge < -0.3 is 5.73 Å². The van der Waals surface area contributed by atoms with Crippen molar-refractivity contribution in [1.29, 1.82) is 0 Å². The maximum absolute atomic E-state index is 12.6. The fourth-order valence-electron chi connectivity index (χ4n) is 0.900. The highest BCUT2D eigenvalue weighted by molar-refractivity contribution is 7.98. The predicted molar refractivity (Wildman–Crippen MR) is 51.6 cm³/mol. The predicted octanol–water partition coefficient (Wildman–Crippen LogP) is 2.02. The van der Waals surface area contributed by atoms with Crippen molar-refractivity contribution in [1.82, 2.24) is 0 Å². The summed E-state index contributed by atoms with van der Waals surface area (Å²) in [7, 11) is 0. The lowest BCUT2D eigenvalue weighted by Gasteiger charge is -1.99. The van der Waals surface area contributed by atoms with Gasteiger partial charge in [0.15, 0.2) is 0 Å². The van der Waals surface area contributed by atoms with Crippen LogP contribution >= 0.6 is 11.8 Å². The van der Waals surface area contributed by atoms with Gasteiger partial charge in [-0.05, 0) is 17.7 Å². The van der Waals surface area contributed by atoms with Gasteiger partial charge in [0.2, 0.25) is 0 Å². The first-order valence-electron chi connectivity index (χ1n) is 3.85. The lowest BCUT2D eigenvalue weighted by atomic mass is 10.2. The SMILES string of the molecule is NCCSCc1cccc(F)c1. The fourth-order valence-corrected chi connectivity index (χ4v) is 1.63. The molecular formula is C9H12FNS. The number of hydrogen-bond acceptors (Lipinski definition) is 2. The number of benzene rings is 1. The van der Waals surface area contributed by atoms with E-state index in [0.717, 1.165) is 17.1 Å². The van der Waals surface area contributed by atoms with Gasteiger partial charge in [-0.1, -0.05) is 12.1 Å². The van der Waals surface area contributed by atoms with Crippen molar-refractivity contribution in [2.75, 3.05) is 12.3 Å². The second kappa shape index (κ2) is 5.17. The molecule has 66 valence electrons. The highest BCUT2D eigenvalue weighted by Gasteiger charge is 1.94. The van der Waals surface area contributed by atoms with E-state index in [2.05, 4.69) is 0 Å². The molecule has 0 aromatic heterocycles. The average molecular weight is 185 g/mol. The minimum Gasteiger partial charge on any atom is -0.330 e. The van der Waals surface area contributed by atoms with E-state index >= 15 is 0 Å². The number of hydrogen-bond donors (Lipinski definition) is 1. The second-order valence-electron chi connectivity index (χ2n) is 2.47. The van der Waals surface area contributed by atoms with Crippen molar-refractivity contribution in [2.45, 2.75) is 5.75 Å². The van der Waals surface area contributed by atoms with Crippen molar-refractivity contribution < 1.29 is 4.39 Å². The minimum atomic E-state index is -0.166. The molecule has 0 unspecified atom stereocenters. The molecule has 0 aliphatic carbocycles. The van der Waals surface area contributed by atoms with Crippen molar-refractivity contribution >= 4 is 11.8 Å². The van der Waals surface area contributed by atoms with E-state index in [1.165, 1.54) is 6.07 Å². The molecule has 0 spiro atoms. The highest BCUT2D eigenvalue weighted by atomic mass is 32.2. The molecule has 1 nitrogen and oxygen atoms in total. The van der Waals surface area contributed by atoms with Crippen LogP contribution in [0, 0.1) is 5.82 Å². The Balaban J connectivity index is 2.41. The Morgan fingerprint density at radius 1 is 1.42 bits per heavy atom. The molecule has 3 heteroatoms. The van der Waals surface area contributed by atoms with Crippen LogP contribution in [0.5, 0.6) is 0 Å². The van der Waals surface area contributed by atoms with Crippen LogP contribution in [0.4, 0.5) is 4.39 Å². The molecule has 0 saturated heterocycles. The van der Waals surface area contributed by atoms with E-state index in [1.807, 2.05) is 6.07 Å². The van der Waals surface area contributed by atoms with Crippen molar-refractivity contribution in [3.63, 3.8) is 0 Å². The van der Waals surface area contributed by atoms with Crippen LogP contribution in [-0.4, -0.2) is 12.3 Å². The maximum Gasteiger partial charge on any atom is 0.123 e. The molecule has 0 saturated carbocycles. The summed E-state index contributed by atoms with van der Waals surface area (Å²) >= 11 is 1.72. The fraction of sp³-hybridized carbons (Fsp3) is 0.333. The first-order valence-corrected chi connectivity index (χ1v) is 5.00. The topological polar surface area (TPSA) is 26.0 Å². The molecule has 0 aliphatic rings. The molecule has 0 aliphatic heterocycles. The van der Waals surface area contributed by atoms with Crippen LogP contribution in [0.25, 0.3) is 0 Å². The quantitative estimate of drug-likeness (QED) is 0.726. The van der Waals surface area contributed by atoms with Gasteiger partial charge in [-0.2, -0.15) is 11.8 Å². The second-order valence-corrected chi connectivity index (χ2v) is 3.58. The Labute approximate surface area is 76.2 Å². The van der Waals surface area contributed by atoms with E-state index in [9.17, 15) is 4.39 Å². The average Bonchev–Trinajstić information content (AvgIpc) is 2.05.